The fourth-order valence-electron chi connectivity index (χ4n) is 4.33. The number of hydrogen-bond acceptors (Lipinski definition) is 5. The number of furan rings is 1. The lowest BCUT2D eigenvalue weighted by molar-refractivity contribution is 0.0441. The number of carbonyl (C=O) groups is 1. The maximum atomic E-state index is 13.0. The maximum absolute atomic E-state index is 13.0. The van der Waals surface area contributed by atoms with Crippen LogP contribution in [0.5, 0.6) is 0 Å². The van der Waals surface area contributed by atoms with Crippen molar-refractivity contribution in [3.05, 3.63) is 35.6 Å². The Hall–Kier alpha value is -1.86. The van der Waals surface area contributed by atoms with Gasteiger partial charge in [0.15, 0.2) is 15.6 Å². The van der Waals surface area contributed by atoms with Gasteiger partial charge in [-0.05, 0) is 38.2 Å². The van der Waals surface area contributed by atoms with E-state index in [1.807, 2.05) is 6.07 Å². The number of amides is 1. The average molecular weight is 421 g/mol. The molecule has 0 radical (unpaired) electrons. The first-order valence-electron chi connectivity index (χ1n) is 10.2. The predicted molar refractivity (Wildman–Crippen MR) is 116 cm³/mol. The molecule has 7 heteroatoms. The molecule has 2 atom stereocenters. The monoisotopic (exact) mass is 420 g/mol. The van der Waals surface area contributed by atoms with Gasteiger partial charge in [0.1, 0.15) is 5.58 Å². The molecule has 1 amide bonds. The van der Waals surface area contributed by atoms with Crippen LogP contribution in [-0.2, 0) is 15.6 Å². The molecule has 1 aliphatic rings. The molecule has 3 rings (SSSR count). The van der Waals surface area contributed by atoms with E-state index in [2.05, 4.69) is 37.9 Å². The highest BCUT2D eigenvalue weighted by atomic mass is 32.2. The summed E-state index contributed by atoms with van der Waals surface area (Å²) in [7, 11) is -3.32. The van der Waals surface area contributed by atoms with Gasteiger partial charge in [-0.1, -0.05) is 32.0 Å². The third kappa shape index (κ3) is 5.20. The van der Waals surface area contributed by atoms with Crippen molar-refractivity contribution in [1.82, 2.24) is 10.2 Å². The van der Waals surface area contributed by atoms with Crippen molar-refractivity contribution in [2.45, 2.75) is 45.4 Å². The molecule has 0 aliphatic carbocycles. The Balaban J connectivity index is 1.80. The van der Waals surface area contributed by atoms with E-state index in [0.717, 1.165) is 19.3 Å². The molecule has 1 fully saturated rings. The molecule has 2 aromatic rings. The number of piperidine rings is 1. The maximum Gasteiger partial charge on any atom is 0.287 e. The minimum Gasteiger partial charge on any atom is -0.451 e. The number of carbonyl (C=O) groups excluding carboxylic acids is 1. The second-order valence-corrected chi connectivity index (χ2v) is 11.5. The van der Waals surface area contributed by atoms with E-state index >= 15 is 0 Å². The number of hydrogen-bond donors (Lipinski definition) is 1. The first-order chi connectivity index (χ1) is 13.5. The SMILES string of the molecule is CC1CC(C)CN(C(C)(C)CNC(=O)c2oc3ccccc3c2CS(C)(=O)=O)C1. The Kier molecular flexibility index (Phi) is 6.11. The lowest BCUT2D eigenvalue weighted by Gasteiger charge is -2.45. The van der Waals surface area contributed by atoms with E-state index in [4.69, 9.17) is 4.42 Å². The number of para-hydroxylation sites is 1. The summed E-state index contributed by atoms with van der Waals surface area (Å²) >= 11 is 0. The van der Waals surface area contributed by atoms with E-state index in [-0.39, 0.29) is 23.0 Å². The highest BCUT2D eigenvalue weighted by molar-refractivity contribution is 7.89. The molecular weight excluding hydrogens is 388 g/mol. The molecule has 1 aromatic heterocycles. The summed E-state index contributed by atoms with van der Waals surface area (Å²) in [6.45, 7) is 11.3. The second-order valence-electron chi connectivity index (χ2n) is 9.32. The topological polar surface area (TPSA) is 79.6 Å². The lowest BCUT2D eigenvalue weighted by Crippen LogP contribution is -2.56. The first kappa shape index (κ1) is 21.8. The van der Waals surface area contributed by atoms with Crippen LogP contribution in [0.4, 0.5) is 0 Å². The number of likely N-dealkylation sites (tertiary alicyclic amines) is 1. The summed E-state index contributed by atoms with van der Waals surface area (Å²) in [6, 6.07) is 7.15. The van der Waals surface area contributed by atoms with Crippen molar-refractivity contribution in [1.29, 1.82) is 0 Å². The van der Waals surface area contributed by atoms with Crippen LogP contribution in [0, 0.1) is 11.8 Å². The molecule has 1 N–H and O–H groups in total. The third-order valence-corrected chi connectivity index (χ3v) is 6.53. The van der Waals surface area contributed by atoms with E-state index in [1.54, 1.807) is 18.2 Å². The molecule has 160 valence electrons. The van der Waals surface area contributed by atoms with Gasteiger partial charge in [0, 0.05) is 42.4 Å². The molecule has 1 aliphatic heterocycles. The normalized spacial score (nSPS) is 21.4. The highest BCUT2D eigenvalue weighted by Crippen LogP contribution is 2.29. The number of nitrogens with one attached hydrogen (secondary N) is 1. The van der Waals surface area contributed by atoms with E-state index < -0.39 is 9.84 Å². The summed E-state index contributed by atoms with van der Waals surface area (Å²) < 4.78 is 29.6. The smallest absolute Gasteiger partial charge is 0.287 e. The van der Waals surface area contributed by atoms with Crippen LogP contribution in [0.25, 0.3) is 11.0 Å². The summed E-state index contributed by atoms with van der Waals surface area (Å²) in [5.74, 6) is 0.756. The Bertz CT molecular complexity index is 983. The number of benzene rings is 1. The third-order valence-electron chi connectivity index (χ3n) is 5.72. The molecule has 6 nitrogen and oxygen atoms in total. The molecule has 1 aromatic carbocycles. The minimum atomic E-state index is -3.32. The van der Waals surface area contributed by atoms with Crippen molar-refractivity contribution in [2.75, 3.05) is 25.9 Å². The predicted octanol–water partition coefficient (Wildman–Crippen LogP) is 3.46. The van der Waals surface area contributed by atoms with Crippen LogP contribution < -0.4 is 5.32 Å². The average Bonchev–Trinajstić information content (AvgIpc) is 2.96. The van der Waals surface area contributed by atoms with Gasteiger partial charge >= 0.3 is 0 Å². The number of fused-ring (bicyclic) bond motifs is 1. The number of rotatable bonds is 6. The summed E-state index contributed by atoms with van der Waals surface area (Å²) in [6.07, 6.45) is 2.39. The molecule has 2 heterocycles. The van der Waals surface area contributed by atoms with Gasteiger partial charge < -0.3 is 9.73 Å². The minimum absolute atomic E-state index is 0.0906. The van der Waals surface area contributed by atoms with Gasteiger partial charge in [-0.2, -0.15) is 0 Å². The molecule has 0 bridgehead atoms. The van der Waals surface area contributed by atoms with Gasteiger partial charge in [-0.15, -0.1) is 0 Å². The summed E-state index contributed by atoms with van der Waals surface area (Å²) in [5.41, 5.74) is 0.745. The van der Waals surface area contributed by atoms with Crippen molar-refractivity contribution in [2.24, 2.45) is 11.8 Å². The zero-order valence-corrected chi connectivity index (χ0v) is 18.8. The van der Waals surface area contributed by atoms with E-state index in [0.29, 0.717) is 34.9 Å². The molecular formula is C22H32N2O4S. The summed E-state index contributed by atoms with van der Waals surface area (Å²) in [4.78, 5) is 15.4. The largest absolute Gasteiger partial charge is 0.451 e. The summed E-state index contributed by atoms with van der Waals surface area (Å²) in [5, 5.41) is 3.65. The fraction of sp³-hybridized carbons (Fsp3) is 0.591. The Morgan fingerprint density at radius 1 is 1.21 bits per heavy atom. The number of sulfone groups is 1. The van der Waals surface area contributed by atoms with Crippen molar-refractivity contribution >= 4 is 26.7 Å². The zero-order chi connectivity index (χ0) is 21.4. The van der Waals surface area contributed by atoms with Crippen molar-refractivity contribution in [3.8, 4) is 0 Å². The Morgan fingerprint density at radius 2 is 1.83 bits per heavy atom. The van der Waals surface area contributed by atoms with Crippen molar-refractivity contribution in [3.63, 3.8) is 0 Å². The van der Waals surface area contributed by atoms with Crippen LogP contribution in [0.2, 0.25) is 0 Å². The van der Waals surface area contributed by atoms with Crippen LogP contribution >= 0.6 is 0 Å². The highest BCUT2D eigenvalue weighted by Gasteiger charge is 2.33. The van der Waals surface area contributed by atoms with Gasteiger partial charge in [-0.25, -0.2) is 8.42 Å². The second kappa shape index (κ2) is 8.11. The van der Waals surface area contributed by atoms with Gasteiger partial charge in [0.05, 0.1) is 5.75 Å². The van der Waals surface area contributed by atoms with E-state index in [9.17, 15) is 13.2 Å². The van der Waals surface area contributed by atoms with Crippen LogP contribution in [0.1, 0.15) is 50.2 Å². The lowest BCUT2D eigenvalue weighted by atomic mass is 9.88. The molecule has 2 unspecified atom stereocenters. The zero-order valence-electron chi connectivity index (χ0n) is 18.0. The molecule has 1 saturated heterocycles. The van der Waals surface area contributed by atoms with Gasteiger partial charge in [0.25, 0.3) is 5.91 Å². The Morgan fingerprint density at radius 3 is 2.45 bits per heavy atom. The van der Waals surface area contributed by atoms with Crippen LogP contribution in [-0.4, -0.2) is 50.7 Å². The van der Waals surface area contributed by atoms with Crippen LogP contribution in [0.3, 0.4) is 0 Å². The first-order valence-corrected chi connectivity index (χ1v) is 12.2. The quantitative estimate of drug-likeness (QED) is 0.774. The van der Waals surface area contributed by atoms with Crippen molar-refractivity contribution < 1.29 is 17.6 Å². The standard InChI is InChI=1S/C22H32N2O4S/c1-15-10-16(2)12-24(11-15)22(3,4)14-23-21(25)20-18(13-29(5,26)27)17-8-6-7-9-19(17)28-20/h6-9,15-16H,10-14H2,1-5H3,(H,23,25). The Labute approximate surface area is 173 Å². The van der Waals surface area contributed by atoms with Crippen LogP contribution in [0.15, 0.2) is 28.7 Å². The molecule has 0 saturated carbocycles. The van der Waals surface area contributed by atoms with E-state index in [1.165, 1.54) is 6.42 Å². The number of nitrogens with zero attached hydrogens (tertiary/aromatic N) is 1. The molecule has 0 spiro atoms. The van der Waals surface area contributed by atoms with Gasteiger partial charge in [0.2, 0.25) is 0 Å². The fourth-order valence-corrected chi connectivity index (χ4v) is 5.14. The van der Waals surface area contributed by atoms with Gasteiger partial charge in [-0.3, -0.25) is 9.69 Å². The molecule has 29 heavy (non-hydrogen) atoms.